The number of fused-ring (bicyclic) bond motifs is 2. The molecular weight excluding hydrogens is 399 g/mol. The van der Waals surface area contributed by atoms with Gasteiger partial charge >= 0.3 is 6.18 Å². The van der Waals surface area contributed by atoms with Gasteiger partial charge < -0.3 is 15.6 Å². The fraction of sp³-hybridized carbons (Fsp3) is 0.211. The van der Waals surface area contributed by atoms with E-state index in [1.54, 1.807) is 36.7 Å². The first kappa shape index (κ1) is 19.6. The van der Waals surface area contributed by atoms with Gasteiger partial charge in [-0.2, -0.15) is 13.2 Å². The van der Waals surface area contributed by atoms with Crippen LogP contribution in [0.4, 0.5) is 19.0 Å². The van der Waals surface area contributed by atoms with Crippen LogP contribution in [0.25, 0.3) is 33.3 Å². The minimum atomic E-state index is -4.48. The van der Waals surface area contributed by atoms with Gasteiger partial charge in [-0.3, -0.25) is 4.79 Å². The highest BCUT2D eigenvalue weighted by Crippen LogP contribution is 2.29. The van der Waals surface area contributed by atoms with Crippen molar-refractivity contribution in [2.24, 2.45) is 0 Å². The van der Waals surface area contributed by atoms with Crippen molar-refractivity contribution in [2.75, 3.05) is 11.9 Å². The molecule has 0 radical (unpaired) electrons. The summed E-state index contributed by atoms with van der Waals surface area (Å²) in [4.78, 5) is 32.4. The predicted molar refractivity (Wildman–Crippen MR) is 105 cm³/mol. The largest absolute Gasteiger partial charge is 0.405 e. The van der Waals surface area contributed by atoms with E-state index in [0.717, 1.165) is 5.39 Å². The van der Waals surface area contributed by atoms with E-state index in [-0.39, 0.29) is 0 Å². The second-order valence-electron chi connectivity index (χ2n) is 6.60. The zero-order valence-electron chi connectivity index (χ0n) is 15.7. The number of hydrogen-bond donors (Lipinski definition) is 3. The van der Waals surface area contributed by atoms with E-state index in [1.165, 1.54) is 13.3 Å². The lowest BCUT2D eigenvalue weighted by molar-refractivity contribution is -0.138. The van der Waals surface area contributed by atoms with Gasteiger partial charge in [0.25, 0.3) is 0 Å². The first-order valence-electron chi connectivity index (χ1n) is 8.97. The molecule has 4 aromatic rings. The van der Waals surface area contributed by atoms with Crippen LogP contribution in [0.2, 0.25) is 0 Å². The Morgan fingerprint density at radius 3 is 2.80 bits per heavy atom. The SMILES string of the molecule is C[C@H](Nc1nc(-c2c[nH]c3ncncc23)nc2ccccc12)C(=O)NCC(F)(F)F. The normalized spacial score (nSPS) is 12.8. The predicted octanol–water partition coefficient (Wildman–Crippen LogP) is 3.05. The quantitative estimate of drug-likeness (QED) is 0.462. The molecule has 0 bridgehead atoms. The molecule has 11 heteroatoms. The van der Waals surface area contributed by atoms with Crippen molar-refractivity contribution < 1.29 is 18.0 Å². The van der Waals surface area contributed by atoms with Crippen molar-refractivity contribution in [2.45, 2.75) is 19.1 Å². The van der Waals surface area contributed by atoms with Gasteiger partial charge in [-0.1, -0.05) is 12.1 Å². The number of nitrogens with one attached hydrogen (secondary N) is 3. The molecule has 0 unspecified atom stereocenters. The van der Waals surface area contributed by atoms with Crippen LogP contribution in [-0.2, 0) is 4.79 Å². The summed E-state index contributed by atoms with van der Waals surface area (Å²) in [7, 11) is 0. The third-order valence-corrected chi connectivity index (χ3v) is 4.41. The fourth-order valence-electron chi connectivity index (χ4n) is 2.96. The molecular formula is C19H16F3N7O. The number of anilines is 1. The van der Waals surface area contributed by atoms with Gasteiger partial charge in [0.05, 0.1) is 5.52 Å². The molecule has 3 aromatic heterocycles. The van der Waals surface area contributed by atoms with Crippen molar-refractivity contribution in [3.63, 3.8) is 0 Å². The number of aromatic nitrogens is 5. The smallest absolute Gasteiger partial charge is 0.358 e. The average molecular weight is 415 g/mol. The monoisotopic (exact) mass is 415 g/mol. The number of aromatic amines is 1. The minimum absolute atomic E-state index is 0.330. The number of hydrogen-bond acceptors (Lipinski definition) is 6. The van der Waals surface area contributed by atoms with E-state index in [9.17, 15) is 18.0 Å². The summed E-state index contributed by atoms with van der Waals surface area (Å²) < 4.78 is 37.2. The number of benzene rings is 1. The molecule has 0 fully saturated rings. The standard InChI is InChI=1S/C19H16F3N7O/c1-10(18(30)25-8-19(20,21)22)27-16-11-4-2-3-5-14(11)28-17(29-16)13-7-24-15-12(13)6-23-9-26-15/h2-7,9-10H,8H2,1H3,(H,25,30)(H,23,24,26)(H,27,28,29)/t10-/m0/s1. The second kappa shape index (κ2) is 7.58. The van der Waals surface area contributed by atoms with Crippen LogP contribution in [0.3, 0.4) is 0 Å². The van der Waals surface area contributed by atoms with Crippen molar-refractivity contribution in [3.8, 4) is 11.4 Å². The lowest BCUT2D eigenvalue weighted by atomic mass is 10.2. The summed E-state index contributed by atoms with van der Waals surface area (Å²) in [5.41, 5.74) is 1.89. The van der Waals surface area contributed by atoms with Crippen molar-refractivity contribution in [1.82, 2.24) is 30.2 Å². The molecule has 3 heterocycles. The Morgan fingerprint density at radius 1 is 1.20 bits per heavy atom. The summed E-state index contributed by atoms with van der Waals surface area (Å²) in [6, 6.07) is 6.18. The average Bonchev–Trinajstić information content (AvgIpc) is 3.15. The lowest BCUT2D eigenvalue weighted by Gasteiger charge is -2.17. The van der Waals surface area contributed by atoms with E-state index in [4.69, 9.17) is 0 Å². The van der Waals surface area contributed by atoms with Gasteiger partial charge in [0.1, 0.15) is 30.4 Å². The topological polar surface area (TPSA) is 108 Å². The number of halogens is 3. The first-order valence-corrected chi connectivity index (χ1v) is 8.97. The van der Waals surface area contributed by atoms with E-state index in [0.29, 0.717) is 33.8 Å². The van der Waals surface area contributed by atoms with E-state index in [1.807, 2.05) is 5.32 Å². The molecule has 0 saturated heterocycles. The Balaban J connectivity index is 1.70. The van der Waals surface area contributed by atoms with Gasteiger partial charge in [0.15, 0.2) is 5.82 Å². The molecule has 0 aliphatic carbocycles. The molecule has 1 aromatic carbocycles. The maximum atomic E-state index is 12.4. The minimum Gasteiger partial charge on any atom is -0.358 e. The van der Waals surface area contributed by atoms with Gasteiger partial charge in [0.2, 0.25) is 5.91 Å². The van der Waals surface area contributed by atoms with E-state index < -0.39 is 24.7 Å². The maximum Gasteiger partial charge on any atom is 0.405 e. The lowest BCUT2D eigenvalue weighted by Crippen LogP contribution is -2.42. The highest BCUT2D eigenvalue weighted by Gasteiger charge is 2.29. The molecule has 30 heavy (non-hydrogen) atoms. The van der Waals surface area contributed by atoms with E-state index >= 15 is 0 Å². The molecule has 154 valence electrons. The van der Waals surface area contributed by atoms with Crippen LogP contribution in [0.5, 0.6) is 0 Å². The molecule has 1 atom stereocenters. The molecule has 0 saturated carbocycles. The Bertz CT molecular complexity index is 1220. The van der Waals surface area contributed by atoms with Crippen LogP contribution >= 0.6 is 0 Å². The molecule has 0 aliphatic rings. The van der Waals surface area contributed by atoms with Crippen LogP contribution in [0, 0.1) is 0 Å². The highest BCUT2D eigenvalue weighted by molar-refractivity contribution is 5.96. The van der Waals surface area contributed by atoms with Crippen molar-refractivity contribution in [1.29, 1.82) is 0 Å². The fourth-order valence-corrected chi connectivity index (χ4v) is 2.96. The summed E-state index contributed by atoms with van der Waals surface area (Å²) in [6.07, 6.45) is 0.263. The summed E-state index contributed by atoms with van der Waals surface area (Å²) >= 11 is 0. The summed E-state index contributed by atoms with van der Waals surface area (Å²) in [6.45, 7) is 0.0603. The highest BCUT2D eigenvalue weighted by atomic mass is 19.4. The summed E-state index contributed by atoms with van der Waals surface area (Å²) in [5.74, 6) is -0.103. The number of nitrogens with zero attached hydrogens (tertiary/aromatic N) is 4. The molecule has 1 amide bonds. The number of carbonyl (C=O) groups excluding carboxylic acids is 1. The third-order valence-electron chi connectivity index (χ3n) is 4.41. The Kier molecular flexibility index (Phi) is 4.94. The zero-order chi connectivity index (χ0) is 21.3. The van der Waals surface area contributed by atoms with Gasteiger partial charge in [-0.25, -0.2) is 19.9 Å². The molecule has 8 nitrogen and oxygen atoms in total. The summed E-state index contributed by atoms with van der Waals surface area (Å²) in [5, 5.41) is 6.11. The van der Waals surface area contributed by atoms with Gasteiger partial charge in [-0.05, 0) is 19.1 Å². The van der Waals surface area contributed by atoms with Crippen LogP contribution in [0.1, 0.15) is 6.92 Å². The molecule has 4 rings (SSSR count). The first-order chi connectivity index (χ1) is 14.3. The number of alkyl halides is 3. The Hall–Kier alpha value is -3.76. The molecule has 0 spiro atoms. The Labute approximate surface area is 168 Å². The number of para-hydroxylation sites is 1. The number of H-pyrrole nitrogens is 1. The number of amides is 1. The van der Waals surface area contributed by atoms with Gasteiger partial charge in [-0.15, -0.1) is 0 Å². The Morgan fingerprint density at radius 2 is 2.00 bits per heavy atom. The van der Waals surface area contributed by atoms with Crippen LogP contribution in [0.15, 0.2) is 43.0 Å². The van der Waals surface area contributed by atoms with Crippen molar-refractivity contribution >= 4 is 33.7 Å². The third kappa shape index (κ3) is 4.00. The maximum absolute atomic E-state index is 12.4. The van der Waals surface area contributed by atoms with Gasteiger partial charge in [0, 0.05) is 28.7 Å². The van der Waals surface area contributed by atoms with Crippen LogP contribution < -0.4 is 10.6 Å². The number of carbonyl (C=O) groups is 1. The molecule has 3 N–H and O–H groups in total. The van der Waals surface area contributed by atoms with Crippen molar-refractivity contribution in [3.05, 3.63) is 43.0 Å². The van der Waals surface area contributed by atoms with E-state index in [2.05, 4.69) is 30.2 Å². The zero-order valence-corrected chi connectivity index (χ0v) is 15.7. The van der Waals surface area contributed by atoms with Crippen LogP contribution in [-0.4, -0.2) is 49.6 Å². The second-order valence-corrected chi connectivity index (χ2v) is 6.60. The molecule has 0 aliphatic heterocycles. The number of rotatable bonds is 5.